The van der Waals surface area contributed by atoms with Gasteiger partial charge >= 0.3 is 0 Å². The third kappa shape index (κ3) is 1.16. The maximum atomic E-state index is 5.38. The molecule has 0 bridgehead atoms. The molecule has 0 radical (unpaired) electrons. The van der Waals surface area contributed by atoms with Crippen molar-refractivity contribution >= 4 is 28.3 Å². The van der Waals surface area contributed by atoms with E-state index in [-0.39, 0.29) is 5.96 Å². The first kappa shape index (κ1) is 8.91. The lowest BCUT2D eigenvalue weighted by Crippen LogP contribution is -2.24. The van der Waals surface area contributed by atoms with Crippen molar-refractivity contribution in [3.8, 4) is 0 Å². The Morgan fingerprint density at radius 2 is 1.81 bits per heavy atom. The van der Waals surface area contributed by atoms with Gasteiger partial charge in [-0.1, -0.05) is 30.3 Å². The first-order valence-corrected chi connectivity index (χ1v) is 4.96. The Labute approximate surface area is 92.3 Å². The number of guanidine groups is 1. The van der Waals surface area contributed by atoms with Crippen LogP contribution in [-0.2, 0) is 0 Å². The molecule has 0 unspecified atom stereocenters. The number of nitrogens with zero attached hydrogens (tertiary/aromatic N) is 2. The molecule has 0 atom stereocenters. The van der Waals surface area contributed by atoms with E-state index in [1.807, 2.05) is 24.3 Å². The minimum atomic E-state index is 0.0311. The van der Waals surface area contributed by atoms with Gasteiger partial charge in [0.25, 0.3) is 0 Å². The summed E-state index contributed by atoms with van der Waals surface area (Å²) in [6.07, 6.45) is 0. The van der Waals surface area contributed by atoms with E-state index >= 15 is 0 Å². The highest BCUT2D eigenvalue weighted by Crippen LogP contribution is 2.35. The number of amidine groups is 1. The molecule has 1 aliphatic heterocycles. The van der Waals surface area contributed by atoms with Crippen LogP contribution in [0.25, 0.3) is 10.8 Å². The van der Waals surface area contributed by atoms with E-state index in [2.05, 4.69) is 22.1 Å². The molecular formula is C12H10N4. The van der Waals surface area contributed by atoms with E-state index in [0.29, 0.717) is 5.84 Å². The van der Waals surface area contributed by atoms with Crippen LogP contribution in [-0.4, -0.2) is 11.8 Å². The quantitative estimate of drug-likeness (QED) is 0.510. The molecule has 2 aromatic rings. The molecule has 4 heteroatoms. The Balaban J connectivity index is 2.34. The molecule has 1 aliphatic rings. The molecule has 1 heterocycles. The third-order valence-corrected chi connectivity index (χ3v) is 2.58. The van der Waals surface area contributed by atoms with Crippen LogP contribution in [0, 0.1) is 0 Å². The average molecular weight is 210 g/mol. The number of aliphatic imine (C=N–C) groups is 2. The van der Waals surface area contributed by atoms with Gasteiger partial charge in [0, 0.05) is 10.9 Å². The molecule has 0 fully saturated rings. The normalized spacial score (nSPS) is 12.6. The van der Waals surface area contributed by atoms with Gasteiger partial charge < -0.3 is 11.5 Å². The highest BCUT2D eigenvalue weighted by molar-refractivity contribution is 6.21. The lowest BCUT2D eigenvalue weighted by molar-refractivity contribution is 1.46. The summed E-state index contributed by atoms with van der Waals surface area (Å²) < 4.78 is 0. The molecule has 16 heavy (non-hydrogen) atoms. The molecule has 0 amide bonds. The van der Waals surface area contributed by atoms with Crippen LogP contribution in [0.4, 0.5) is 5.69 Å². The first-order chi connectivity index (χ1) is 7.75. The minimum Gasteiger partial charge on any atom is -0.370 e. The highest BCUT2D eigenvalue weighted by atomic mass is 15.0. The van der Waals surface area contributed by atoms with Crippen molar-refractivity contribution in [3.05, 3.63) is 42.0 Å². The van der Waals surface area contributed by atoms with Gasteiger partial charge in [0.1, 0.15) is 0 Å². The second-order valence-corrected chi connectivity index (χ2v) is 3.65. The zero-order valence-corrected chi connectivity index (χ0v) is 8.51. The van der Waals surface area contributed by atoms with Crippen LogP contribution in [0.5, 0.6) is 0 Å². The van der Waals surface area contributed by atoms with Gasteiger partial charge in [-0.2, -0.15) is 4.99 Å². The number of nitrogens with two attached hydrogens (primary N) is 2. The van der Waals surface area contributed by atoms with Crippen molar-refractivity contribution in [3.63, 3.8) is 0 Å². The van der Waals surface area contributed by atoms with Crippen molar-refractivity contribution < 1.29 is 0 Å². The van der Waals surface area contributed by atoms with Crippen molar-refractivity contribution in [2.45, 2.75) is 0 Å². The standard InChI is InChI=1S/C12H10N4/c13-12(14)16-11-8-5-1-3-7-4-2-6-9(15-11)10(7)8/h1-6H,(H4,13,14,15,16). The van der Waals surface area contributed by atoms with Gasteiger partial charge in [-0.25, -0.2) is 4.99 Å². The predicted molar refractivity (Wildman–Crippen MR) is 66.0 cm³/mol. The summed E-state index contributed by atoms with van der Waals surface area (Å²) in [5.41, 5.74) is 12.7. The van der Waals surface area contributed by atoms with Crippen molar-refractivity contribution in [1.29, 1.82) is 0 Å². The highest BCUT2D eigenvalue weighted by Gasteiger charge is 2.17. The Morgan fingerprint density at radius 3 is 2.56 bits per heavy atom. The Morgan fingerprint density at radius 1 is 1.06 bits per heavy atom. The zero-order valence-electron chi connectivity index (χ0n) is 8.51. The largest absolute Gasteiger partial charge is 0.370 e. The molecule has 0 aliphatic carbocycles. The first-order valence-electron chi connectivity index (χ1n) is 4.96. The van der Waals surface area contributed by atoms with E-state index < -0.39 is 0 Å². The fourth-order valence-corrected chi connectivity index (χ4v) is 1.98. The van der Waals surface area contributed by atoms with Crippen LogP contribution >= 0.6 is 0 Å². The molecule has 0 aromatic heterocycles. The van der Waals surface area contributed by atoms with Crippen molar-refractivity contribution in [2.75, 3.05) is 0 Å². The molecule has 4 nitrogen and oxygen atoms in total. The number of benzene rings is 2. The van der Waals surface area contributed by atoms with E-state index in [0.717, 1.165) is 22.0 Å². The van der Waals surface area contributed by atoms with Crippen molar-refractivity contribution in [1.82, 2.24) is 0 Å². The zero-order chi connectivity index (χ0) is 11.1. The van der Waals surface area contributed by atoms with Gasteiger partial charge in [0.05, 0.1) is 5.69 Å². The fraction of sp³-hybridized carbons (Fsp3) is 0. The van der Waals surface area contributed by atoms with Crippen LogP contribution in [0.15, 0.2) is 46.4 Å². The number of hydrogen-bond acceptors (Lipinski definition) is 2. The van der Waals surface area contributed by atoms with E-state index in [1.54, 1.807) is 0 Å². The van der Waals surface area contributed by atoms with Crippen LogP contribution in [0.1, 0.15) is 5.56 Å². The Bertz CT molecular complexity index is 631. The summed E-state index contributed by atoms with van der Waals surface area (Å²) in [5.74, 6) is 0.621. The summed E-state index contributed by atoms with van der Waals surface area (Å²) >= 11 is 0. The maximum absolute atomic E-state index is 5.38. The maximum Gasteiger partial charge on any atom is 0.192 e. The molecule has 78 valence electrons. The average Bonchev–Trinajstić information content (AvgIpc) is 2.59. The lowest BCUT2D eigenvalue weighted by atomic mass is 10.0. The number of rotatable bonds is 0. The van der Waals surface area contributed by atoms with Crippen molar-refractivity contribution in [2.24, 2.45) is 21.5 Å². The fourth-order valence-electron chi connectivity index (χ4n) is 1.98. The smallest absolute Gasteiger partial charge is 0.192 e. The van der Waals surface area contributed by atoms with Gasteiger partial charge in [-0.15, -0.1) is 0 Å². The van der Waals surface area contributed by atoms with Crippen LogP contribution < -0.4 is 11.5 Å². The summed E-state index contributed by atoms with van der Waals surface area (Å²) in [7, 11) is 0. The minimum absolute atomic E-state index is 0.0311. The second kappa shape index (κ2) is 3.06. The van der Waals surface area contributed by atoms with E-state index in [9.17, 15) is 0 Å². The van der Waals surface area contributed by atoms with Crippen LogP contribution in [0.2, 0.25) is 0 Å². The summed E-state index contributed by atoms with van der Waals surface area (Å²) in [5, 5.41) is 2.27. The van der Waals surface area contributed by atoms with Gasteiger partial charge in [0.15, 0.2) is 11.8 Å². The van der Waals surface area contributed by atoms with Gasteiger partial charge in [-0.05, 0) is 11.5 Å². The molecule has 0 saturated heterocycles. The number of hydrogen-bond donors (Lipinski definition) is 2. The van der Waals surface area contributed by atoms with Crippen LogP contribution in [0.3, 0.4) is 0 Å². The summed E-state index contributed by atoms with van der Waals surface area (Å²) in [6.45, 7) is 0. The lowest BCUT2D eigenvalue weighted by Gasteiger charge is -1.99. The van der Waals surface area contributed by atoms with Gasteiger partial charge in [-0.3, -0.25) is 0 Å². The third-order valence-electron chi connectivity index (χ3n) is 2.58. The summed E-state index contributed by atoms with van der Waals surface area (Å²) in [6, 6.07) is 12.0. The Kier molecular flexibility index (Phi) is 1.71. The monoisotopic (exact) mass is 210 g/mol. The predicted octanol–water partition coefficient (Wildman–Crippen LogP) is 1.50. The molecule has 2 aromatic carbocycles. The van der Waals surface area contributed by atoms with E-state index in [1.165, 1.54) is 0 Å². The summed E-state index contributed by atoms with van der Waals surface area (Å²) in [4.78, 5) is 8.44. The Hall–Kier alpha value is -2.36. The molecule has 0 saturated carbocycles. The molecule has 0 spiro atoms. The SMILES string of the molecule is NC(N)=NC1=Nc2cccc3cccc1c23. The molecular weight excluding hydrogens is 200 g/mol. The van der Waals surface area contributed by atoms with E-state index in [4.69, 9.17) is 11.5 Å². The molecule has 4 N–H and O–H groups in total. The molecule has 3 rings (SSSR count). The van der Waals surface area contributed by atoms with Gasteiger partial charge in [0.2, 0.25) is 0 Å². The topological polar surface area (TPSA) is 76.8 Å². The second-order valence-electron chi connectivity index (χ2n) is 3.65.